The van der Waals surface area contributed by atoms with Crippen molar-refractivity contribution in [3.8, 4) is 0 Å². The van der Waals surface area contributed by atoms with Crippen LogP contribution in [0.2, 0.25) is 0 Å². The summed E-state index contributed by atoms with van der Waals surface area (Å²) < 4.78 is 0. The maximum atomic E-state index is 11.8. The molecule has 1 atom stereocenters. The average molecular weight is 275 g/mol. The highest BCUT2D eigenvalue weighted by atomic mass is 16.2. The smallest absolute Gasteiger partial charge is 0.251 e. The minimum absolute atomic E-state index is 0.0875. The quantitative estimate of drug-likeness (QED) is 0.761. The van der Waals surface area contributed by atoms with Gasteiger partial charge in [0.15, 0.2) is 0 Å². The number of carbonyl (C=O) groups excluding carboxylic acids is 2. The number of amides is 2. The van der Waals surface area contributed by atoms with Crippen LogP contribution in [-0.4, -0.2) is 31.4 Å². The number of rotatable bonds is 4. The standard InChI is InChI=1S/C15H21N3O2/c1-16-14(19)12-7-5-11(6-8-12)10-18-13-4-2-3-9-17-15(13)20/h5-8,13,18H,2-4,9-10H2,1H3,(H,16,19)(H,17,20). The van der Waals surface area contributed by atoms with Gasteiger partial charge in [0.05, 0.1) is 6.04 Å². The minimum atomic E-state index is -0.115. The Labute approximate surface area is 119 Å². The molecule has 1 aliphatic heterocycles. The molecule has 0 bridgehead atoms. The minimum Gasteiger partial charge on any atom is -0.355 e. The largest absolute Gasteiger partial charge is 0.355 e. The third-order valence-corrected chi connectivity index (χ3v) is 3.53. The van der Waals surface area contributed by atoms with Crippen LogP contribution < -0.4 is 16.0 Å². The Balaban J connectivity index is 1.90. The maximum absolute atomic E-state index is 11.8. The van der Waals surface area contributed by atoms with Crippen molar-refractivity contribution >= 4 is 11.8 Å². The predicted octanol–water partition coefficient (Wildman–Crippen LogP) is 0.804. The van der Waals surface area contributed by atoms with Crippen molar-refractivity contribution in [1.82, 2.24) is 16.0 Å². The molecule has 1 saturated heterocycles. The molecule has 108 valence electrons. The normalized spacial score (nSPS) is 19.1. The lowest BCUT2D eigenvalue weighted by molar-refractivity contribution is -0.122. The van der Waals surface area contributed by atoms with Crippen LogP contribution in [0.5, 0.6) is 0 Å². The molecule has 1 fully saturated rings. The van der Waals surface area contributed by atoms with Crippen LogP contribution >= 0.6 is 0 Å². The zero-order valence-corrected chi connectivity index (χ0v) is 11.7. The van der Waals surface area contributed by atoms with Gasteiger partial charge in [0.1, 0.15) is 0 Å². The Bertz CT molecular complexity index is 471. The van der Waals surface area contributed by atoms with Gasteiger partial charge in [-0.3, -0.25) is 9.59 Å². The van der Waals surface area contributed by atoms with Crippen molar-refractivity contribution in [3.63, 3.8) is 0 Å². The van der Waals surface area contributed by atoms with E-state index in [0.29, 0.717) is 12.1 Å². The summed E-state index contributed by atoms with van der Waals surface area (Å²) in [5.74, 6) is -0.00265. The van der Waals surface area contributed by atoms with Gasteiger partial charge in [-0.25, -0.2) is 0 Å². The number of carbonyl (C=O) groups is 2. The summed E-state index contributed by atoms with van der Waals surface area (Å²) in [5.41, 5.74) is 1.71. The molecular weight excluding hydrogens is 254 g/mol. The summed E-state index contributed by atoms with van der Waals surface area (Å²) in [6.07, 6.45) is 2.99. The molecule has 1 aliphatic rings. The fraction of sp³-hybridized carbons (Fsp3) is 0.467. The third kappa shape index (κ3) is 3.81. The van der Waals surface area contributed by atoms with Gasteiger partial charge in [0.2, 0.25) is 5.91 Å². The summed E-state index contributed by atoms with van der Waals surface area (Å²) in [5, 5.41) is 8.78. The van der Waals surface area contributed by atoms with Crippen molar-refractivity contribution in [1.29, 1.82) is 0 Å². The topological polar surface area (TPSA) is 70.2 Å². The molecule has 2 amide bonds. The van der Waals surface area contributed by atoms with E-state index in [1.807, 2.05) is 12.1 Å². The van der Waals surface area contributed by atoms with Gasteiger partial charge in [0, 0.05) is 25.7 Å². The molecule has 1 heterocycles. The molecule has 1 unspecified atom stereocenters. The SMILES string of the molecule is CNC(=O)c1ccc(CNC2CCCCNC2=O)cc1. The first-order valence-corrected chi connectivity index (χ1v) is 7.03. The molecule has 1 aromatic rings. The van der Waals surface area contributed by atoms with Crippen LogP contribution in [0.3, 0.4) is 0 Å². The van der Waals surface area contributed by atoms with E-state index in [0.717, 1.165) is 31.4 Å². The van der Waals surface area contributed by atoms with E-state index in [2.05, 4.69) is 16.0 Å². The predicted molar refractivity (Wildman–Crippen MR) is 77.3 cm³/mol. The Morgan fingerprint density at radius 3 is 2.75 bits per heavy atom. The lowest BCUT2D eigenvalue weighted by atomic mass is 10.1. The molecule has 0 saturated carbocycles. The molecule has 0 radical (unpaired) electrons. The average Bonchev–Trinajstić information content (AvgIpc) is 2.69. The van der Waals surface area contributed by atoms with E-state index < -0.39 is 0 Å². The van der Waals surface area contributed by atoms with Crippen molar-refractivity contribution in [2.75, 3.05) is 13.6 Å². The Kier molecular flexibility index (Phi) is 5.12. The Morgan fingerprint density at radius 2 is 2.05 bits per heavy atom. The number of hydrogen-bond donors (Lipinski definition) is 3. The fourth-order valence-electron chi connectivity index (χ4n) is 2.29. The van der Waals surface area contributed by atoms with Crippen LogP contribution in [0.25, 0.3) is 0 Å². The molecule has 5 heteroatoms. The number of hydrogen-bond acceptors (Lipinski definition) is 3. The molecular formula is C15H21N3O2. The van der Waals surface area contributed by atoms with E-state index in [-0.39, 0.29) is 17.9 Å². The molecule has 3 N–H and O–H groups in total. The van der Waals surface area contributed by atoms with Gasteiger partial charge in [-0.15, -0.1) is 0 Å². The van der Waals surface area contributed by atoms with E-state index in [1.165, 1.54) is 0 Å². The molecule has 0 spiro atoms. The summed E-state index contributed by atoms with van der Waals surface area (Å²) in [4.78, 5) is 23.2. The second-order valence-electron chi connectivity index (χ2n) is 5.00. The van der Waals surface area contributed by atoms with E-state index in [9.17, 15) is 9.59 Å². The van der Waals surface area contributed by atoms with Crippen molar-refractivity contribution in [2.24, 2.45) is 0 Å². The zero-order valence-electron chi connectivity index (χ0n) is 11.7. The van der Waals surface area contributed by atoms with Gasteiger partial charge in [-0.05, 0) is 37.0 Å². The fourth-order valence-corrected chi connectivity index (χ4v) is 2.29. The van der Waals surface area contributed by atoms with E-state index >= 15 is 0 Å². The maximum Gasteiger partial charge on any atom is 0.251 e. The highest BCUT2D eigenvalue weighted by Crippen LogP contribution is 2.08. The van der Waals surface area contributed by atoms with Gasteiger partial charge in [0.25, 0.3) is 5.91 Å². The first kappa shape index (κ1) is 14.5. The van der Waals surface area contributed by atoms with Crippen LogP contribution in [0, 0.1) is 0 Å². The molecule has 5 nitrogen and oxygen atoms in total. The first-order valence-electron chi connectivity index (χ1n) is 7.03. The van der Waals surface area contributed by atoms with E-state index in [4.69, 9.17) is 0 Å². The monoisotopic (exact) mass is 275 g/mol. The molecule has 20 heavy (non-hydrogen) atoms. The van der Waals surface area contributed by atoms with E-state index in [1.54, 1.807) is 19.2 Å². The van der Waals surface area contributed by atoms with Crippen molar-refractivity contribution < 1.29 is 9.59 Å². The third-order valence-electron chi connectivity index (χ3n) is 3.53. The van der Waals surface area contributed by atoms with Crippen LogP contribution in [0.4, 0.5) is 0 Å². The van der Waals surface area contributed by atoms with Crippen molar-refractivity contribution in [2.45, 2.75) is 31.8 Å². The Morgan fingerprint density at radius 1 is 1.30 bits per heavy atom. The van der Waals surface area contributed by atoms with Gasteiger partial charge < -0.3 is 16.0 Å². The summed E-state index contributed by atoms with van der Waals surface area (Å²) in [7, 11) is 1.61. The van der Waals surface area contributed by atoms with Crippen LogP contribution in [0.1, 0.15) is 35.2 Å². The molecule has 0 aliphatic carbocycles. The second kappa shape index (κ2) is 7.05. The van der Waals surface area contributed by atoms with Crippen molar-refractivity contribution in [3.05, 3.63) is 35.4 Å². The zero-order chi connectivity index (χ0) is 14.4. The summed E-state index contributed by atoms with van der Waals surface area (Å²) >= 11 is 0. The van der Waals surface area contributed by atoms with Gasteiger partial charge in [-0.1, -0.05) is 12.1 Å². The highest BCUT2D eigenvalue weighted by molar-refractivity contribution is 5.93. The highest BCUT2D eigenvalue weighted by Gasteiger charge is 2.19. The molecule has 0 aromatic heterocycles. The molecule has 2 rings (SSSR count). The molecule has 1 aromatic carbocycles. The lowest BCUT2D eigenvalue weighted by Gasteiger charge is -2.15. The van der Waals surface area contributed by atoms with Crippen LogP contribution in [-0.2, 0) is 11.3 Å². The first-order chi connectivity index (χ1) is 9.70. The van der Waals surface area contributed by atoms with Gasteiger partial charge in [-0.2, -0.15) is 0 Å². The Hall–Kier alpha value is -1.88. The van der Waals surface area contributed by atoms with Crippen LogP contribution in [0.15, 0.2) is 24.3 Å². The van der Waals surface area contributed by atoms with Gasteiger partial charge >= 0.3 is 0 Å². The summed E-state index contributed by atoms with van der Waals surface area (Å²) in [6.45, 7) is 1.41. The second-order valence-corrected chi connectivity index (χ2v) is 5.00. The lowest BCUT2D eigenvalue weighted by Crippen LogP contribution is -2.42. The number of nitrogens with one attached hydrogen (secondary N) is 3. The summed E-state index contributed by atoms with van der Waals surface area (Å²) in [6, 6.07) is 7.29. The number of benzene rings is 1.